The van der Waals surface area contributed by atoms with Gasteiger partial charge < -0.3 is 0 Å². The van der Waals surface area contributed by atoms with Crippen LogP contribution in [-0.4, -0.2) is 57.2 Å². The quantitative estimate of drug-likeness (QED) is 0.228. The molecular weight excluding hydrogens is 671 g/mol. The summed E-state index contributed by atoms with van der Waals surface area (Å²) in [4.78, 5) is 0. The van der Waals surface area contributed by atoms with Crippen LogP contribution in [0.25, 0.3) is 22.3 Å². The van der Waals surface area contributed by atoms with Gasteiger partial charge in [-0.3, -0.25) is 0 Å². The Morgan fingerprint density at radius 1 is 0.618 bits per heavy atom. The second kappa shape index (κ2) is 7.02. The van der Waals surface area contributed by atoms with Crippen LogP contribution >= 0.6 is 0 Å². The number of benzene rings is 3. The standard InChI is InChI=1S/C24H31O8Te2/c1-14-10-16(3)22(17(4)11-14)20-8-7-9-21(23-18(5)12-15(2)13-19(23)6)24(20)34(28,29,30)31-33(25,26,27)32-34/h7-13,25-30H,1-6H3. The first-order chi connectivity index (χ1) is 15.2. The zero-order chi connectivity index (χ0) is 25.6. The van der Waals surface area contributed by atoms with Gasteiger partial charge in [0.25, 0.3) is 0 Å². The van der Waals surface area contributed by atoms with Crippen molar-refractivity contribution in [2.24, 2.45) is 0 Å². The summed E-state index contributed by atoms with van der Waals surface area (Å²) in [5.41, 5.74) is 6.67. The Labute approximate surface area is 202 Å². The van der Waals surface area contributed by atoms with E-state index in [1.165, 1.54) is 0 Å². The molecule has 0 aromatic heterocycles. The van der Waals surface area contributed by atoms with E-state index in [0.717, 1.165) is 33.4 Å². The van der Waals surface area contributed by atoms with Gasteiger partial charge in [0.2, 0.25) is 0 Å². The van der Waals surface area contributed by atoms with Crippen LogP contribution < -0.4 is 3.61 Å². The van der Waals surface area contributed by atoms with E-state index in [0.29, 0.717) is 11.1 Å². The summed E-state index contributed by atoms with van der Waals surface area (Å²) in [7, 11) is 0. The minimum absolute atomic E-state index is 0.188. The molecule has 0 bridgehead atoms. The molecule has 1 aliphatic heterocycles. The summed E-state index contributed by atoms with van der Waals surface area (Å²) in [6, 6.07) is 12.5. The first kappa shape index (κ1) is 26.0. The van der Waals surface area contributed by atoms with Crippen molar-refractivity contribution < 1.29 is 23.8 Å². The van der Waals surface area contributed by atoms with Crippen LogP contribution in [0.4, 0.5) is 0 Å². The van der Waals surface area contributed by atoms with Crippen molar-refractivity contribution in [2.75, 3.05) is 0 Å². The summed E-state index contributed by atoms with van der Waals surface area (Å²) in [5.74, 6) is 0. The summed E-state index contributed by atoms with van der Waals surface area (Å²) >= 11 is -15.5. The molecule has 6 N–H and O–H groups in total. The SMILES string of the molecule is Cc1cc(C)c(-c2cccc(-c3c(C)cc(C)cc3C)c2[Te]2(O)(O)(O)O[Te](O)(O)(O)O2)c(C)c1. The molecule has 1 heterocycles. The van der Waals surface area contributed by atoms with Crippen molar-refractivity contribution >= 4 is 40.0 Å². The van der Waals surface area contributed by atoms with Gasteiger partial charge in [0, 0.05) is 0 Å². The fourth-order valence-electron chi connectivity index (χ4n) is 5.22. The molecule has 1 saturated heterocycles. The third-order valence-electron chi connectivity index (χ3n) is 5.89. The van der Waals surface area contributed by atoms with E-state index in [4.69, 9.17) is 0 Å². The second-order valence-electron chi connectivity index (χ2n) is 9.33. The predicted octanol–water partition coefficient (Wildman–Crippen LogP) is 1.81. The molecular formula is C24H31O8Te2. The minimum atomic E-state index is -8.36. The maximum atomic E-state index is 11.5. The van der Waals surface area contributed by atoms with Gasteiger partial charge in [-0.05, 0) is 0 Å². The summed E-state index contributed by atoms with van der Waals surface area (Å²) in [6.07, 6.45) is 0. The topological polar surface area (TPSA) is 140 Å². The van der Waals surface area contributed by atoms with E-state index in [1.807, 2.05) is 65.8 Å². The first-order valence-corrected chi connectivity index (χ1v) is 21.7. The van der Waals surface area contributed by atoms with Crippen LogP contribution in [0.15, 0.2) is 42.5 Å². The summed E-state index contributed by atoms with van der Waals surface area (Å²) in [5, 5.41) is 0. The zero-order valence-corrected chi connectivity index (χ0v) is 24.5. The second-order valence-corrected chi connectivity index (χ2v) is 27.7. The van der Waals surface area contributed by atoms with Crippen molar-refractivity contribution in [3.05, 3.63) is 75.8 Å². The van der Waals surface area contributed by atoms with Crippen molar-refractivity contribution in [3.8, 4) is 22.3 Å². The number of rotatable bonds is 3. The Morgan fingerprint density at radius 2 is 0.941 bits per heavy atom. The van der Waals surface area contributed by atoms with Gasteiger partial charge in [-0.2, -0.15) is 0 Å². The Bertz CT molecular complexity index is 1260. The molecule has 8 nitrogen and oxygen atoms in total. The molecule has 0 saturated carbocycles. The molecule has 0 atom stereocenters. The molecule has 0 aliphatic carbocycles. The average Bonchev–Trinajstić information content (AvgIpc) is 2.56. The zero-order valence-electron chi connectivity index (χ0n) is 19.9. The molecule has 1 fully saturated rings. The molecule has 4 rings (SSSR count). The van der Waals surface area contributed by atoms with E-state index < -0.39 is 40.0 Å². The Hall–Kier alpha value is -1.08. The molecule has 1 aliphatic rings. The molecule has 0 amide bonds. The van der Waals surface area contributed by atoms with Crippen molar-refractivity contribution in [3.63, 3.8) is 0 Å². The van der Waals surface area contributed by atoms with Crippen molar-refractivity contribution in [1.82, 2.24) is 0 Å². The molecule has 3 aromatic carbocycles. The van der Waals surface area contributed by atoms with Gasteiger partial charge in [0.1, 0.15) is 0 Å². The molecule has 10 heteroatoms. The van der Waals surface area contributed by atoms with Crippen LogP contribution in [0.3, 0.4) is 0 Å². The monoisotopic (exact) mass is 707 g/mol. The van der Waals surface area contributed by atoms with Crippen LogP contribution in [-0.2, 0) is 2.93 Å². The maximum absolute atomic E-state index is 11.5. The Morgan fingerprint density at radius 3 is 1.24 bits per heavy atom. The van der Waals surface area contributed by atoms with Gasteiger partial charge in [-0.25, -0.2) is 0 Å². The van der Waals surface area contributed by atoms with Crippen LogP contribution in [0.2, 0.25) is 0 Å². The van der Waals surface area contributed by atoms with Crippen LogP contribution in [0.5, 0.6) is 0 Å². The summed E-state index contributed by atoms with van der Waals surface area (Å²) < 4.78 is 73.2. The van der Waals surface area contributed by atoms with Crippen LogP contribution in [0, 0.1) is 41.5 Å². The van der Waals surface area contributed by atoms with Gasteiger partial charge >= 0.3 is 203 Å². The molecule has 0 spiro atoms. The molecule has 0 unspecified atom stereocenters. The fourth-order valence-corrected chi connectivity index (χ4v) is 35.7. The molecule has 1 radical (unpaired) electrons. The normalized spacial score (nSPS) is 24.3. The number of hydrogen-bond donors (Lipinski definition) is 6. The van der Waals surface area contributed by atoms with Gasteiger partial charge in [0.15, 0.2) is 0 Å². The third kappa shape index (κ3) is 4.23. The number of aryl methyl sites for hydroxylation is 6. The molecule has 34 heavy (non-hydrogen) atoms. The predicted molar refractivity (Wildman–Crippen MR) is 132 cm³/mol. The van der Waals surface area contributed by atoms with Gasteiger partial charge in [0.05, 0.1) is 0 Å². The fraction of sp³-hybridized carbons (Fsp3) is 0.250. The van der Waals surface area contributed by atoms with E-state index >= 15 is 0 Å². The van der Waals surface area contributed by atoms with E-state index in [1.54, 1.807) is 18.2 Å². The number of hydrogen-bond acceptors (Lipinski definition) is 8. The van der Waals surface area contributed by atoms with Crippen molar-refractivity contribution in [2.45, 2.75) is 41.5 Å². The van der Waals surface area contributed by atoms with E-state index in [9.17, 15) is 20.8 Å². The van der Waals surface area contributed by atoms with Crippen LogP contribution in [0.1, 0.15) is 33.4 Å². The molecule has 187 valence electrons. The summed E-state index contributed by atoms with van der Waals surface area (Å²) in [6.45, 7) is 11.2. The third-order valence-corrected chi connectivity index (χ3v) is 33.6. The average molecular weight is 703 g/mol. The van der Waals surface area contributed by atoms with E-state index in [2.05, 4.69) is 2.93 Å². The Balaban J connectivity index is 2.20. The van der Waals surface area contributed by atoms with Crippen molar-refractivity contribution in [1.29, 1.82) is 0 Å². The van der Waals surface area contributed by atoms with Gasteiger partial charge in [-0.15, -0.1) is 0 Å². The Kier molecular flexibility index (Phi) is 5.37. The molecule has 3 aromatic rings. The first-order valence-electron chi connectivity index (χ1n) is 10.5. The van der Waals surface area contributed by atoms with E-state index in [-0.39, 0.29) is 11.1 Å². The van der Waals surface area contributed by atoms with Gasteiger partial charge in [-0.1, -0.05) is 0 Å².